The number of hydrogen-bond donors (Lipinski definition) is 0. The van der Waals surface area contributed by atoms with Crippen molar-refractivity contribution in [1.82, 2.24) is 4.98 Å². The fraction of sp³-hybridized carbons (Fsp3) is 0.154. The highest BCUT2D eigenvalue weighted by Crippen LogP contribution is 2.33. The number of rotatable bonds is 3. The minimum Gasteiger partial charge on any atom is -0.493 e. The van der Waals surface area contributed by atoms with E-state index in [1.165, 1.54) is 0 Å². The van der Waals surface area contributed by atoms with Crippen molar-refractivity contribution in [2.75, 3.05) is 7.11 Å². The largest absolute Gasteiger partial charge is 0.493 e. The molecule has 0 aliphatic heterocycles. The number of ether oxygens (including phenoxy) is 1. The van der Waals surface area contributed by atoms with Gasteiger partial charge >= 0.3 is 0 Å². The Morgan fingerprint density at radius 1 is 1.06 bits per heavy atom. The molecule has 0 radical (unpaired) electrons. The summed E-state index contributed by atoms with van der Waals surface area (Å²) >= 11 is 5.41. The predicted octanol–water partition coefficient (Wildman–Crippen LogP) is 3.60. The minimum absolute atomic E-state index is 0.494. The van der Waals surface area contributed by atoms with Crippen molar-refractivity contribution in [2.45, 2.75) is 6.92 Å². The molecule has 0 fully saturated rings. The molecule has 17 heavy (non-hydrogen) atoms. The van der Waals surface area contributed by atoms with Crippen LogP contribution in [0.1, 0.15) is 5.56 Å². The van der Waals surface area contributed by atoms with Gasteiger partial charge in [-0.1, -0.05) is 6.07 Å². The van der Waals surface area contributed by atoms with Gasteiger partial charge in [0, 0.05) is 18.0 Å². The lowest BCUT2D eigenvalue weighted by Gasteiger charge is -2.08. The van der Waals surface area contributed by atoms with Crippen molar-refractivity contribution in [1.29, 1.82) is 0 Å². The standard InChI is InChI=1S/C13H12ClNO2/c1-9-5-11(8-15-7-9)10-3-4-12(16-2)13(6-10)17-14/h3-8H,1-2H3. The number of halogens is 1. The van der Waals surface area contributed by atoms with E-state index in [9.17, 15) is 0 Å². The first kappa shape index (κ1) is 11.7. The zero-order chi connectivity index (χ0) is 12.3. The van der Waals surface area contributed by atoms with E-state index in [0.29, 0.717) is 11.5 Å². The lowest BCUT2D eigenvalue weighted by Crippen LogP contribution is -1.88. The van der Waals surface area contributed by atoms with Crippen molar-refractivity contribution < 1.29 is 9.03 Å². The molecule has 0 saturated heterocycles. The summed E-state index contributed by atoms with van der Waals surface area (Å²) in [5.74, 6) is 1.09. The number of nitrogens with zero attached hydrogens (tertiary/aromatic N) is 1. The van der Waals surface area contributed by atoms with E-state index in [-0.39, 0.29) is 0 Å². The van der Waals surface area contributed by atoms with Crippen LogP contribution in [0.4, 0.5) is 0 Å². The zero-order valence-electron chi connectivity index (χ0n) is 9.61. The normalized spacial score (nSPS) is 10.1. The van der Waals surface area contributed by atoms with Gasteiger partial charge < -0.3 is 9.03 Å². The lowest BCUT2D eigenvalue weighted by atomic mass is 10.1. The molecule has 88 valence electrons. The second-order valence-electron chi connectivity index (χ2n) is 3.69. The van der Waals surface area contributed by atoms with Gasteiger partial charge in [0.15, 0.2) is 11.5 Å². The first-order valence-corrected chi connectivity index (χ1v) is 5.44. The molecule has 2 rings (SSSR count). The minimum atomic E-state index is 0.494. The van der Waals surface area contributed by atoms with Gasteiger partial charge in [-0.3, -0.25) is 4.98 Å². The van der Waals surface area contributed by atoms with E-state index < -0.39 is 0 Å². The summed E-state index contributed by atoms with van der Waals surface area (Å²) in [5.41, 5.74) is 3.10. The second kappa shape index (κ2) is 5.06. The molecule has 3 nitrogen and oxygen atoms in total. The van der Waals surface area contributed by atoms with Crippen LogP contribution >= 0.6 is 11.9 Å². The predicted molar refractivity (Wildman–Crippen MR) is 67.4 cm³/mol. The number of benzene rings is 1. The van der Waals surface area contributed by atoms with Crippen molar-refractivity contribution in [3.63, 3.8) is 0 Å². The van der Waals surface area contributed by atoms with Gasteiger partial charge in [0.1, 0.15) is 11.9 Å². The maximum atomic E-state index is 5.41. The molecule has 1 heterocycles. The average molecular weight is 250 g/mol. The Hall–Kier alpha value is -1.74. The molecule has 0 N–H and O–H groups in total. The number of methoxy groups -OCH3 is 1. The summed E-state index contributed by atoms with van der Waals surface area (Å²) in [6, 6.07) is 7.62. The van der Waals surface area contributed by atoms with Crippen LogP contribution in [0.25, 0.3) is 11.1 Å². The summed E-state index contributed by atoms with van der Waals surface area (Å²) in [6.07, 6.45) is 3.61. The van der Waals surface area contributed by atoms with Gasteiger partial charge in [0.05, 0.1) is 7.11 Å². The molecule has 0 bridgehead atoms. The summed E-state index contributed by atoms with van der Waals surface area (Å²) in [7, 11) is 1.57. The van der Waals surface area contributed by atoms with Crippen LogP contribution in [-0.2, 0) is 0 Å². The Balaban J connectivity index is 2.46. The Kier molecular flexibility index (Phi) is 3.49. The molecule has 0 amide bonds. The summed E-state index contributed by atoms with van der Waals surface area (Å²) in [4.78, 5) is 4.15. The van der Waals surface area contributed by atoms with Crippen molar-refractivity contribution in [3.8, 4) is 22.6 Å². The highest BCUT2D eigenvalue weighted by Gasteiger charge is 2.07. The Morgan fingerprint density at radius 3 is 2.53 bits per heavy atom. The van der Waals surface area contributed by atoms with E-state index in [0.717, 1.165) is 16.7 Å². The maximum Gasteiger partial charge on any atom is 0.188 e. The van der Waals surface area contributed by atoms with E-state index >= 15 is 0 Å². The van der Waals surface area contributed by atoms with Gasteiger partial charge in [0.25, 0.3) is 0 Å². The Bertz CT molecular complexity index is 529. The number of aryl methyl sites for hydroxylation is 1. The summed E-state index contributed by atoms with van der Waals surface area (Å²) in [6.45, 7) is 2.00. The van der Waals surface area contributed by atoms with E-state index in [1.54, 1.807) is 13.3 Å². The van der Waals surface area contributed by atoms with Gasteiger partial charge in [-0.15, -0.1) is 0 Å². The smallest absolute Gasteiger partial charge is 0.188 e. The average Bonchev–Trinajstić information content (AvgIpc) is 2.38. The van der Waals surface area contributed by atoms with Gasteiger partial charge in [-0.2, -0.15) is 0 Å². The number of aromatic nitrogens is 1. The molecule has 0 atom stereocenters. The fourth-order valence-corrected chi connectivity index (χ4v) is 1.75. The van der Waals surface area contributed by atoms with Crippen LogP contribution in [-0.4, -0.2) is 12.1 Å². The molecule has 4 heteroatoms. The van der Waals surface area contributed by atoms with E-state index in [4.69, 9.17) is 20.9 Å². The molecule has 0 spiro atoms. The Labute approximate surface area is 105 Å². The monoisotopic (exact) mass is 249 g/mol. The van der Waals surface area contributed by atoms with Gasteiger partial charge in [-0.25, -0.2) is 0 Å². The third-order valence-corrected chi connectivity index (χ3v) is 2.62. The van der Waals surface area contributed by atoms with Crippen molar-refractivity contribution in [3.05, 3.63) is 42.2 Å². The van der Waals surface area contributed by atoms with Crippen molar-refractivity contribution >= 4 is 11.9 Å². The molecular weight excluding hydrogens is 238 g/mol. The first-order chi connectivity index (χ1) is 8.24. The third-order valence-electron chi connectivity index (χ3n) is 2.46. The van der Waals surface area contributed by atoms with Crippen LogP contribution in [0.2, 0.25) is 0 Å². The molecular formula is C13H12ClNO2. The SMILES string of the molecule is COc1ccc(-c2cncc(C)c2)cc1OCl. The van der Waals surface area contributed by atoms with Crippen LogP contribution < -0.4 is 9.03 Å². The topological polar surface area (TPSA) is 31.4 Å². The number of pyridine rings is 1. The summed E-state index contributed by atoms with van der Waals surface area (Å²) < 4.78 is 9.88. The van der Waals surface area contributed by atoms with Crippen LogP contribution in [0.15, 0.2) is 36.7 Å². The molecule has 2 aromatic rings. The molecule has 1 aromatic carbocycles. The zero-order valence-corrected chi connectivity index (χ0v) is 10.4. The maximum absolute atomic E-state index is 5.41. The highest BCUT2D eigenvalue weighted by atomic mass is 35.5. The molecule has 0 aliphatic rings. The second-order valence-corrected chi connectivity index (χ2v) is 3.85. The van der Waals surface area contributed by atoms with Crippen molar-refractivity contribution in [2.24, 2.45) is 0 Å². The molecule has 0 saturated carbocycles. The molecule has 0 unspecified atom stereocenters. The fourth-order valence-electron chi connectivity index (χ4n) is 1.63. The van der Waals surface area contributed by atoms with E-state index in [2.05, 4.69) is 4.98 Å². The summed E-state index contributed by atoms with van der Waals surface area (Å²) in [5, 5.41) is 0. The molecule has 0 aliphatic carbocycles. The van der Waals surface area contributed by atoms with Crippen LogP contribution in [0, 0.1) is 6.92 Å². The highest BCUT2D eigenvalue weighted by molar-refractivity contribution is 6.09. The van der Waals surface area contributed by atoms with Gasteiger partial charge in [0.2, 0.25) is 0 Å². The Morgan fingerprint density at radius 2 is 1.88 bits per heavy atom. The first-order valence-electron chi connectivity index (χ1n) is 5.13. The third kappa shape index (κ3) is 2.50. The quantitative estimate of drug-likeness (QED) is 0.833. The number of hydrogen-bond acceptors (Lipinski definition) is 3. The molecule has 1 aromatic heterocycles. The lowest BCUT2D eigenvalue weighted by molar-refractivity contribution is 0.397. The van der Waals surface area contributed by atoms with E-state index in [1.807, 2.05) is 37.4 Å². The van der Waals surface area contributed by atoms with Gasteiger partial charge in [-0.05, 0) is 36.2 Å². The van der Waals surface area contributed by atoms with Crippen LogP contribution in [0.3, 0.4) is 0 Å². The van der Waals surface area contributed by atoms with Crippen LogP contribution in [0.5, 0.6) is 11.5 Å².